The number of carbonyl (C=O) groups is 1. The van der Waals surface area contributed by atoms with Gasteiger partial charge in [0.25, 0.3) is 5.56 Å². The third kappa shape index (κ3) is 5.57. The van der Waals surface area contributed by atoms with Crippen LogP contribution in [-0.4, -0.2) is 71.8 Å². The number of methoxy groups -OCH3 is 2. The molecule has 0 aliphatic carbocycles. The normalized spacial score (nSPS) is 15.4. The molecule has 1 saturated heterocycles. The Balaban J connectivity index is 1.79. The molecule has 2 aromatic heterocycles. The second kappa shape index (κ2) is 12.0. The average Bonchev–Trinajstić information content (AvgIpc) is 3.36. The first-order chi connectivity index (χ1) is 18.3. The fourth-order valence-electron chi connectivity index (χ4n) is 4.57. The van der Waals surface area contributed by atoms with E-state index in [1.807, 2.05) is 6.92 Å². The van der Waals surface area contributed by atoms with Crippen molar-refractivity contribution in [2.75, 3.05) is 45.7 Å². The molecule has 1 aliphatic rings. The molecule has 0 saturated carbocycles. The number of halogens is 2. The van der Waals surface area contributed by atoms with E-state index in [0.29, 0.717) is 60.2 Å². The topological polar surface area (TPSA) is 111 Å². The first-order valence-electron chi connectivity index (χ1n) is 12.2. The van der Waals surface area contributed by atoms with E-state index < -0.39 is 0 Å². The van der Waals surface area contributed by atoms with Gasteiger partial charge in [-0.2, -0.15) is 4.98 Å². The molecule has 3 heterocycles. The van der Waals surface area contributed by atoms with Gasteiger partial charge in [0.2, 0.25) is 11.9 Å². The minimum absolute atomic E-state index is 0.0323. The minimum Gasteiger partial charge on any atom is -0.495 e. The molecule has 1 aromatic carbocycles. The van der Waals surface area contributed by atoms with Gasteiger partial charge in [0, 0.05) is 62.0 Å². The van der Waals surface area contributed by atoms with Crippen LogP contribution in [-0.2, 0) is 11.3 Å². The molecule has 2 N–H and O–H groups in total. The smallest absolute Gasteiger partial charge is 0.260 e. The zero-order valence-corrected chi connectivity index (χ0v) is 23.0. The molecule has 202 valence electrons. The molecule has 1 aliphatic heterocycles. The number of nitrogens with one attached hydrogen (secondary N) is 2. The van der Waals surface area contributed by atoms with Gasteiger partial charge in [0.1, 0.15) is 17.1 Å². The lowest BCUT2D eigenvalue weighted by atomic mass is 10.0. The fraction of sp³-hybridized carbons (Fsp3) is 0.385. The van der Waals surface area contributed by atoms with Crippen molar-refractivity contribution in [1.29, 1.82) is 0 Å². The highest BCUT2D eigenvalue weighted by Gasteiger charge is 2.25. The summed E-state index contributed by atoms with van der Waals surface area (Å²) in [6.07, 6.45) is 3.75. The molecule has 0 radical (unpaired) electrons. The van der Waals surface area contributed by atoms with Crippen LogP contribution in [0.2, 0.25) is 10.0 Å². The predicted octanol–water partition coefficient (Wildman–Crippen LogP) is 3.59. The third-order valence-corrected chi connectivity index (χ3v) is 7.20. The molecule has 1 fully saturated rings. The first-order valence-corrected chi connectivity index (χ1v) is 13.0. The number of benzene rings is 1. The summed E-state index contributed by atoms with van der Waals surface area (Å²) in [6.45, 7) is 8.47. The van der Waals surface area contributed by atoms with Gasteiger partial charge in [-0.05, 0) is 25.5 Å². The van der Waals surface area contributed by atoms with Crippen molar-refractivity contribution in [3.63, 3.8) is 0 Å². The first kappa shape index (κ1) is 27.7. The number of likely N-dealkylation sites (tertiary alicyclic amines) is 1. The fourth-order valence-corrected chi connectivity index (χ4v) is 5.27. The number of hydrogen-bond donors (Lipinski definition) is 2. The number of ether oxygens (including phenoxy) is 2. The molecule has 10 nitrogen and oxygen atoms in total. The summed E-state index contributed by atoms with van der Waals surface area (Å²) < 4.78 is 12.4. The SMILES string of the molecule is C=CC(=O)NC1CCN(CCn2c(=O)c(-c3c(Cl)c(OC)cc(OC)c3Cl)cc3cnc(NCC)nc32)C1. The van der Waals surface area contributed by atoms with Crippen LogP contribution in [0.15, 0.2) is 35.8 Å². The Morgan fingerprint density at radius 2 is 1.92 bits per heavy atom. The zero-order valence-electron chi connectivity index (χ0n) is 21.5. The molecular weight excluding hydrogens is 531 g/mol. The summed E-state index contributed by atoms with van der Waals surface area (Å²) in [5.41, 5.74) is 0.771. The van der Waals surface area contributed by atoms with E-state index in [4.69, 9.17) is 32.7 Å². The van der Waals surface area contributed by atoms with Crippen LogP contribution in [0.4, 0.5) is 5.95 Å². The van der Waals surface area contributed by atoms with E-state index in [0.717, 1.165) is 13.0 Å². The van der Waals surface area contributed by atoms with Crippen molar-refractivity contribution in [3.8, 4) is 22.6 Å². The lowest BCUT2D eigenvalue weighted by molar-refractivity contribution is -0.117. The van der Waals surface area contributed by atoms with Crippen molar-refractivity contribution in [1.82, 2.24) is 24.8 Å². The Kier molecular flexibility index (Phi) is 8.76. The number of rotatable bonds is 10. The van der Waals surface area contributed by atoms with Crippen LogP contribution < -0.4 is 25.7 Å². The van der Waals surface area contributed by atoms with E-state index in [1.165, 1.54) is 20.3 Å². The Hall–Kier alpha value is -3.34. The summed E-state index contributed by atoms with van der Waals surface area (Å²) in [5, 5.41) is 7.08. The molecule has 1 unspecified atom stereocenters. The summed E-state index contributed by atoms with van der Waals surface area (Å²) in [5.74, 6) is 0.894. The summed E-state index contributed by atoms with van der Waals surface area (Å²) in [6, 6.07) is 3.30. The predicted molar refractivity (Wildman–Crippen MR) is 150 cm³/mol. The van der Waals surface area contributed by atoms with Gasteiger partial charge in [-0.15, -0.1) is 0 Å². The minimum atomic E-state index is -0.312. The van der Waals surface area contributed by atoms with Crippen LogP contribution in [0.5, 0.6) is 11.5 Å². The van der Waals surface area contributed by atoms with E-state index in [-0.39, 0.29) is 33.1 Å². The number of aromatic nitrogens is 3. The number of nitrogens with zero attached hydrogens (tertiary/aromatic N) is 4. The van der Waals surface area contributed by atoms with Gasteiger partial charge in [0.15, 0.2) is 0 Å². The van der Waals surface area contributed by atoms with Crippen molar-refractivity contribution < 1.29 is 14.3 Å². The quantitative estimate of drug-likeness (QED) is 0.362. The Morgan fingerprint density at radius 1 is 1.21 bits per heavy atom. The summed E-state index contributed by atoms with van der Waals surface area (Å²) in [7, 11) is 2.96. The number of pyridine rings is 1. The van der Waals surface area contributed by atoms with Crippen LogP contribution in [0.1, 0.15) is 13.3 Å². The van der Waals surface area contributed by atoms with E-state index in [1.54, 1.807) is 22.9 Å². The monoisotopic (exact) mass is 560 g/mol. The van der Waals surface area contributed by atoms with Gasteiger partial charge in [-0.3, -0.25) is 19.1 Å². The van der Waals surface area contributed by atoms with Crippen LogP contribution >= 0.6 is 23.2 Å². The largest absolute Gasteiger partial charge is 0.495 e. The second-order valence-electron chi connectivity index (χ2n) is 8.80. The van der Waals surface area contributed by atoms with Crippen molar-refractivity contribution in [2.24, 2.45) is 0 Å². The Bertz CT molecular complexity index is 1400. The average molecular weight is 561 g/mol. The standard InChI is InChI=1S/C26H30Cl2N6O4/c1-5-20(35)31-16-7-8-33(14-16)9-10-34-24-15(13-30-26(32-24)29-6-2)11-17(25(34)36)21-22(27)18(37-3)12-19(38-4)23(21)28/h5,11-13,16H,1,6-10,14H2,2-4H3,(H,31,35)(H,29,30,32). The number of fused-ring (bicyclic) bond motifs is 1. The molecule has 38 heavy (non-hydrogen) atoms. The molecule has 0 spiro atoms. The second-order valence-corrected chi connectivity index (χ2v) is 9.56. The highest BCUT2D eigenvalue weighted by atomic mass is 35.5. The van der Waals surface area contributed by atoms with Gasteiger partial charge in [0.05, 0.1) is 29.8 Å². The zero-order chi connectivity index (χ0) is 27.4. The highest BCUT2D eigenvalue weighted by molar-refractivity contribution is 6.41. The van der Waals surface area contributed by atoms with E-state index >= 15 is 0 Å². The van der Waals surface area contributed by atoms with Gasteiger partial charge in [-0.1, -0.05) is 29.8 Å². The van der Waals surface area contributed by atoms with Crippen molar-refractivity contribution in [2.45, 2.75) is 25.9 Å². The van der Waals surface area contributed by atoms with E-state index in [9.17, 15) is 9.59 Å². The van der Waals surface area contributed by atoms with Gasteiger partial charge < -0.3 is 20.1 Å². The molecule has 1 amide bonds. The van der Waals surface area contributed by atoms with Crippen molar-refractivity contribution in [3.05, 3.63) is 51.4 Å². The number of carbonyl (C=O) groups excluding carboxylic acids is 1. The maximum absolute atomic E-state index is 14.0. The Labute approximate surface area is 230 Å². The summed E-state index contributed by atoms with van der Waals surface area (Å²) >= 11 is 13.3. The maximum atomic E-state index is 14.0. The molecule has 0 bridgehead atoms. The van der Waals surface area contributed by atoms with Crippen LogP contribution in [0.25, 0.3) is 22.2 Å². The molecule has 1 atom stereocenters. The number of anilines is 1. The summed E-state index contributed by atoms with van der Waals surface area (Å²) in [4.78, 5) is 36.9. The third-order valence-electron chi connectivity index (χ3n) is 6.45. The molecule has 4 rings (SSSR count). The Morgan fingerprint density at radius 3 is 2.55 bits per heavy atom. The molecule has 3 aromatic rings. The molecular formula is C26H30Cl2N6O4. The number of amides is 1. The maximum Gasteiger partial charge on any atom is 0.260 e. The molecule has 12 heteroatoms. The highest BCUT2D eigenvalue weighted by Crippen LogP contribution is 2.45. The van der Waals surface area contributed by atoms with E-state index in [2.05, 4.69) is 32.1 Å². The van der Waals surface area contributed by atoms with Crippen molar-refractivity contribution >= 4 is 46.1 Å². The van der Waals surface area contributed by atoms with Crippen LogP contribution in [0, 0.1) is 0 Å². The van der Waals surface area contributed by atoms with Crippen LogP contribution in [0.3, 0.4) is 0 Å². The lowest BCUT2D eigenvalue weighted by Gasteiger charge is -2.20. The van der Waals surface area contributed by atoms with Gasteiger partial charge >= 0.3 is 0 Å². The lowest BCUT2D eigenvalue weighted by Crippen LogP contribution is -2.37. The number of hydrogen-bond acceptors (Lipinski definition) is 8. The van der Waals surface area contributed by atoms with Gasteiger partial charge in [-0.25, -0.2) is 4.98 Å².